The van der Waals surface area contributed by atoms with Gasteiger partial charge in [-0.15, -0.1) is 0 Å². The second-order valence-electron chi connectivity index (χ2n) is 18.7. The zero-order valence-electron chi connectivity index (χ0n) is 31.7. The second kappa shape index (κ2) is 13.1. The first-order valence-corrected chi connectivity index (χ1v) is 19.2. The summed E-state index contributed by atoms with van der Waals surface area (Å²) < 4.78 is 6.14. The number of carboxylic acid groups (broad SMARTS) is 1. The molecule has 1 aromatic rings. The quantitative estimate of drug-likeness (QED) is 0.223. The molecular weight excluding hydrogens is 630 g/mol. The van der Waals surface area contributed by atoms with Crippen LogP contribution in [-0.4, -0.2) is 56.7 Å². The number of hydrogen-bond acceptors (Lipinski definition) is 8. The zero-order valence-corrected chi connectivity index (χ0v) is 31.7. The molecule has 0 saturated heterocycles. The number of ketones is 1. The number of carbonyl (C=O) groups excluding carboxylic acids is 2. The van der Waals surface area contributed by atoms with E-state index in [0.717, 1.165) is 56.9 Å². The molecule has 9 atom stereocenters. The van der Waals surface area contributed by atoms with Gasteiger partial charge in [0.15, 0.2) is 5.78 Å². The predicted octanol–water partition coefficient (Wildman–Crippen LogP) is 6.93. The molecule has 1 heterocycles. The fourth-order valence-electron chi connectivity index (χ4n) is 12.5. The van der Waals surface area contributed by atoms with Gasteiger partial charge in [-0.2, -0.15) is 0 Å². The molecule has 1 aromatic heterocycles. The average Bonchev–Trinajstić information content (AvgIpc) is 3.36. The molecule has 50 heavy (non-hydrogen) atoms. The monoisotopic (exact) mass is 691 g/mol. The number of allylic oxidation sites excluding steroid dienone is 1. The lowest BCUT2D eigenvalue weighted by Crippen LogP contribution is -2.63. The molecule has 0 bridgehead atoms. The van der Waals surface area contributed by atoms with Gasteiger partial charge in [0.1, 0.15) is 11.9 Å². The molecule has 0 spiro atoms. The van der Waals surface area contributed by atoms with E-state index < -0.39 is 28.9 Å². The minimum atomic E-state index is -1.16. The van der Waals surface area contributed by atoms with Crippen LogP contribution in [0.4, 0.5) is 0 Å². The Morgan fingerprint density at radius 3 is 2.32 bits per heavy atom. The van der Waals surface area contributed by atoms with Gasteiger partial charge in [-0.3, -0.25) is 14.4 Å². The smallest absolute Gasteiger partial charge is 0.309 e. The number of Topliss-reactive ketones (excluding diaryl/α,β-unsaturated/α-hetero) is 1. The number of aliphatic carboxylic acids is 1. The number of esters is 1. The van der Waals surface area contributed by atoms with Crippen LogP contribution in [0.25, 0.3) is 0 Å². The summed E-state index contributed by atoms with van der Waals surface area (Å²) in [5, 5.41) is 25.0. The lowest BCUT2D eigenvalue weighted by atomic mass is 9.36. The number of rotatable bonds is 10. The summed E-state index contributed by atoms with van der Waals surface area (Å²) in [7, 11) is 0. The van der Waals surface area contributed by atoms with Crippen molar-refractivity contribution in [2.45, 2.75) is 138 Å². The highest BCUT2D eigenvalue weighted by atomic mass is 16.5. The molecule has 0 aliphatic heterocycles. The number of fused-ring (bicyclic) bond motifs is 7. The number of carboxylic acids is 1. The largest absolute Gasteiger partial charge is 0.481 e. The Morgan fingerprint density at radius 2 is 1.66 bits per heavy atom. The Hall–Kier alpha value is -2.65. The summed E-state index contributed by atoms with van der Waals surface area (Å²) in [6, 6.07) is 1.79. The van der Waals surface area contributed by atoms with Crippen LogP contribution in [0, 0.1) is 56.7 Å². The van der Waals surface area contributed by atoms with Gasteiger partial charge in [-0.25, -0.2) is 9.97 Å². The van der Waals surface area contributed by atoms with Crippen molar-refractivity contribution in [1.29, 1.82) is 0 Å². The van der Waals surface area contributed by atoms with Crippen molar-refractivity contribution in [2.75, 3.05) is 6.54 Å². The van der Waals surface area contributed by atoms with Crippen molar-refractivity contribution in [2.24, 2.45) is 56.7 Å². The second-order valence-corrected chi connectivity index (χ2v) is 18.7. The molecule has 9 heteroatoms. The maximum absolute atomic E-state index is 13.9. The molecule has 0 radical (unpaired) electrons. The van der Waals surface area contributed by atoms with Crippen LogP contribution >= 0.6 is 0 Å². The van der Waals surface area contributed by atoms with Crippen LogP contribution in [0.1, 0.15) is 125 Å². The Bertz CT molecular complexity index is 1520. The van der Waals surface area contributed by atoms with Gasteiger partial charge in [0.25, 0.3) is 0 Å². The van der Waals surface area contributed by atoms with E-state index in [1.807, 2.05) is 0 Å². The summed E-state index contributed by atoms with van der Waals surface area (Å²) in [6.45, 7) is 17.9. The predicted molar refractivity (Wildman–Crippen MR) is 190 cm³/mol. The van der Waals surface area contributed by atoms with E-state index in [-0.39, 0.29) is 40.5 Å². The topological polar surface area (TPSA) is 139 Å². The molecule has 5 aliphatic carbocycles. The SMILES string of the molecule is CC(C)C1=C2C3CCC4C(C)(CCC5C(C)(C)C(OC(=O)CC(C)(C)C(=O)O)CCC54C)C3CCC2(C(O)CNCc2ncccn2)CC1=O. The summed E-state index contributed by atoms with van der Waals surface area (Å²) in [6.07, 6.45) is 10.7. The highest BCUT2D eigenvalue weighted by Crippen LogP contribution is 2.73. The van der Waals surface area contributed by atoms with E-state index in [4.69, 9.17) is 4.74 Å². The Balaban J connectivity index is 1.23. The van der Waals surface area contributed by atoms with Gasteiger partial charge in [-0.1, -0.05) is 47.1 Å². The Morgan fingerprint density at radius 1 is 0.980 bits per heavy atom. The van der Waals surface area contributed by atoms with Crippen LogP contribution in [0.2, 0.25) is 0 Å². The first-order chi connectivity index (χ1) is 23.4. The fourth-order valence-corrected chi connectivity index (χ4v) is 12.5. The molecule has 9 unspecified atom stereocenters. The maximum Gasteiger partial charge on any atom is 0.309 e. The highest BCUT2D eigenvalue weighted by molar-refractivity contribution is 6.00. The number of aliphatic hydroxyl groups excluding tert-OH is 1. The summed E-state index contributed by atoms with van der Waals surface area (Å²) >= 11 is 0. The maximum atomic E-state index is 13.9. The van der Waals surface area contributed by atoms with E-state index in [1.54, 1.807) is 32.3 Å². The van der Waals surface area contributed by atoms with E-state index in [9.17, 15) is 24.6 Å². The number of hydrogen-bond donors (Lipinski definition) is 3. The van der Waals surface area contributed by atoms with Gasteiger partial charge in [0, 0.05) is 36.2 Å². The van der Waals surface area contributed by atoms with Crippen LogP contribution < -0.4 is 5.32 Å². The fraction of sp³-hybridized carbons (Fsp3) is 0.780. The summed E-state index contributed by atoms with van der Waals surface area (Å²) in [5.74, 6) is 1.27. The lowest BCUT2D eigenvalue weighted by Gasteiger charge is -2.69. The summed E-state index contributed by atoms with van der Waals surface area (Å²) in [4.78, 5) is 47.2. The number of ether oxygens (including phenoxy) is 1. The minimum Gasteiger partial charge on any atom is -0.481 e. The molecule has 276 valence electrons. The zero-order chi connectivity index (χ0) is 36.4. The van der Waals surface area contributed by atoms with Gasteiger partial charge in [0.05, 0.1) is 24.5 Å². The molecule has 5 aliphatic rings. The van der Waals surface area contributed by atoms with Crippen molar-refractivity contribution < 1.29 is 29.3 Å². The van der Waals surface area contributed by atoms with E-state index in [1.165, 1.54) is 5.57 Å². The van der Waals surface area contributed by atoms with Gasteiger partial charge < -0.3 is 20.3 Å². The van der Waals surface area contributed by atoms with Crippen molar-refractivity contribution in [1.82, 2.24) is 15.3 Å². The first kappa shape index (κ1) is 37.1. The highest BCUT2D eigenvalue weighted by Gasteiger charge is 2.67. The lowest BCUT2D eigenvalue weighted by molar-refractivity contribution is -0.214. The van der Waals surface area contributed by atoms with Gasteiger partial charge in [-0.05, 0) is 117 Å². The third-order valence-electron chi connectivity index (χ3n) is 14.9. The Labute approximate surface area is 298 Å². The van der Waals surface area contributed by atoms with Crippen LogP contribution in [0.5, 0.6) is 0 Å². The third-order valence-corrected chi connectivity index (χ3v) is 14.9. The van der Waals surface area contributed by atoms with Crippen molar-refractivity contribution >= 4 is 17.7 Å². The number of carbonyl (C=O) groups is 3. The molecule has 9 nitrogen and oxygen atoms in total. The molecule has 3 N–H and O–H groups in total. The minimum absolute atomic E-state index is 0.0863. The van der Waals surface area contributed by atoms with E-state index >= 15 is 0 Å². The standard InChI is InChI=1S/C41H61N3O6/c1-24(2)34-27(45)20-41(30(46)22-42-23-32-43-18-9-19-44-32)17-12-26-25(35(34)41)10-11-29-39(26,7)15-13-28-38(5,6)31(14-16-40(28,29)8)50-33(47)21-37(3,4)36(48)49/h9,18-19,24-26,28-31,42,46H,10-17,20-23H2,1-8H3,(H,48,49). The third kappa shape index (κ3) is 5.96. The van der Waals surface area contributed by atoms with E-state index in [0.29, 0.717) is 49.0 Å². The molecule has 4 fully saturated rings. The Kier molecular flexibility index (Phi) is 9.71. The summed E-state index contributed by atoms with van der Waals surface area (Å²) in [5.41, 5.74) is 0.552. The van der Waals surface area contributed by atoms with Crippen LogP contribution in [0.3, 0.4) is 0 Å². The van der Waals surface area contributed by atoms with Crippen LogP contribution in [-0.2, 0) is 25.7 Å². The molecule has 4 saturated carbocycles. The first-order valence-electron chi connectivity index (χ1n) is 19.2. The van der Waals surface area contributed by atoms with Crippen LogP contribution in [0.15, 0.2) is 29.6 Å². The van der Waals surface area contributed by atoms with Gasteiger partial charge >= 0.3 is 11.9 Å². The van der Waals surface area contributed by atoms with Gasteiger partial charge in [0.2, 0.25) is 0 Å². The molecule has 6 rings (SSSR count). The number of nitrogens with zero attached hydrogens (tertiary/aromatic N) is 2. The number of aliphatic hydroxyl groups is 1. The normalized spacial score (nSPS) is 37.0. The average molecular weight is 692 g/mol. The molecular formula is C41H61N3O6. The number of aromatic nitrogens is 2. The van der Waals surface area contributed by atoms with Crippen molar-refractivity contribution in [3.05, 3.63) is 35.4 Å². The van der Waals surface area contributed by atoms with E-state index in [2.05, 4.69) is 56.8 Å². The van der Waals surface area contributed by atoms with Crippen molar-refractivity contribution in [3.8, 4) is 0 Å². The van der Waals surface area contributed by atoms with Crippen molar-refractivity contribution in [3.63, 3.8) is 0 Å². The molecule has 0 aromatic carbocycles. The number of nitrogens with one attached hydrogen (secondary N) is 1. The molecule has 0 amide bonds.